The van der Waals surface area contributed by atoms with Crippen molar-refractivity contribution < 1.29 is 24.9 Å². The van der Waals surface area contributed by atoms with Gasteiger partial charge >= 0.3 is 5.97 Å². The summed E-state index contributed by atoms with van der Waals surface area (Å²) in [5.74, 6) is -1.62. The highest BCUT2D eigenvalue weighted by molar-refractivity contribution is 6.31. The van der Waals surface area contributed by atoms with Crippen molar-refractivity contribution in [1.82, 2.24) is 5.32 Å². The number of hydrogen-bond acceptors (Lipinski definition) is 4. The largest absolute Gasteiger partial charge is 0.478 e. The predicted molar refractivity (Wildman–Crippen MR) is 68.1 cm³/mol. The topological polar surface area (TPSA) is 107 Å². The van der Waals surface area contributed by atoms with Gasteiger partial charge in [0.25, 0.3) is 0 Å². The van der Waals surface area contributed by atoms with Gasteiger partial charge in [0.05, 0.1) is 5.56 Å². The molecule has 0 aliphatic rings. The quantitative estimate of drug-likeness (QED) is 0.633. The number of benzene rings is 1. The third-order valence-corrected chi connectivity index (χ3v) is 2.72. The summed E-state index contributed by atoms with van der Waals surface area (Å²) in [5.41, 5.74) is -0.156. The molecule has 0 saturated heterocycles. The number of carboxylic acid groups (broad SMARTS) is 1. The van der Waals surface area contributed by atoms with Crippen molar-refractivity contribution in [2.75, 3.05) is 6.54 Å². The Morgan fingerprint density at radius 1 is 1.37 bits per heavy atom. The average molecular weight is 288 g/mol. The summed E-state index contributed by atoms with van der Waals surface area (Å²) in [5, 5.41) is 31.2. The number of aliphatic hydroxyl groups excluding tert-OH is 2. The van der Waals surface area contributed by atoms with Gasteiger partial charge in [-0.15, -0.1) is 0 Å². The Hall–Kier alpha value is -1.63. The van der Waals surface area contributed by atoms with E-state index in [0.29, 0.717) is 0 Å². The molecule has 2 atom stereocenters. The number of aliphatic hydroxyl groups is 2. The second-order valence-electron chi connectivity index (χ2n) is 3.99. The lowest BCUT2D eigenvalue weighted by Gasteiger charge is -2.20. The molecule has 1 aromatic rings. The van der Waals surface area contributed by atoms with E-state index in [9.17, 15) is 19.8 Å². The Kier molecular flexibility index (Phi) is 5.29. The fourth-order valence-electron chi connectivity index (χ4n) is 1.54. The molecule has 4 N–H and O–H groups in total. The van der Waals surface area contributed by atoms with E-state index in [1.807, 2.05) is 0 Å². The average Bonchev–Trinajstić information content (AvgIpc) is 2.34. The number of hydrogen-bond donors (Lipinski definition) is 4. The molecule has 0 aliphatic carbocycles. The zero-order valence-electron chi connectivity index (χ0n) is 10.1. The summed E-state index contributed by atoms with van der Waals surface area (Å²) in [6.07, 6.45) is -2.75. The molecule has 0 spiro atoms. The molecule has 104 valence electrons. The minimum absolute atomic E-state index is 0.0368. The Morgan fingerprint density at radius 3 is 2.53 bits per heavy atom. The summed E-state index contributed by atoms with van der Waals surface area (Å²) < 4.78 is 0. The van der Waals surface area contributed by atoms with Crippen LogP contribution < -0.4 is 5.32 Å². The number of carboxylic acids is 1. The lowest BCUT2D eigenvalue weighted by Crippen LogP contribution is -2.34. The Bertz CT molecular complexity index is 491. The molecule has 0 fully saturated rings. The van der Waals surface area contributed by atoms with Crippen LogP contribution in [-0.4, -0.2) is 39.8 Å². The molecule has 0 heterocycles. The van der Waals surface area contributed by atoms with Crippen molar-refractivity contribution in [2.24, 2.45) is 0 Å². The van der Waals surface area contributed by atoms with Crippen molar-refractivity contribution in [3.05, 3.63) is 34.3 Å². The molecule has 1 aromatic carbocycles. The number of rotatable bonds is 5. The van der Waals surface area contributed by atoms with E-state index < -0.39 is 18.2 Å². The molecule has 2 unspecified atom stereocenters. The number of amides is 1. The Morgan fingerprint density at radius 2 is 2.00 bits per heavy atom. The zero-order valence-corrected chi connectivity index (χ0v) is 10.9. The molecule has 0 bridgehead atoms. The van der Waals surface area contributed by atoms with Crippen LogP contribution in [-0.2, 0) is 4.79 Å². The summed E-state index contributed by atoms with van der Waals surface area (Å²) in [6, 6.07) is 3.93. The second kappa shape index (κ2) is 6.51. The van der Waals surface area contributed by atoms with Crippen molar-refractivity contribution in [2.45, 2.75) is 19.1 Å². The highest BCUT2D eigenvalue weighted by Gasteiger charge is 2.24. The van der Waals surface area contributed by atoms with Crippen LogP contribution in [0, 0.1) is 0 Å². The van der Waals surface area contributed by atoms with Crippen molar-refractivity contribution >= 4 is 23.5 Å². The number of carbonyl (C=O) groups excluding carboxylic acids is 1. The van der Waals surface area contributed by atoms with Crippen molar-refractivity contribution in [3.63, 3.8) is 0 Å². The smallest absolute Gasteiger partial charge is 0.336 e. The number of halogens is 1. The lowest BCUT2D eigenvalue weighted by molar-refractivity contribution is -0.119. The first-order chi connectivity index (χ1) is 8.82. The maximum atomic E-state index is 11.0. The molecule has 0 aliphatic heterocycles. The van der Waals surface area contributed by atoms with Crippen LogP contribution in [0.1, 0.15) is 28.9 Å². The van der Waals surface area contributed by atoms with Crippen LogP contribution in [0.4, 0.5) is 0 Å². The minimum Gasteiger partial charge on any atom is -0.478 e. The molecule has 0 aromatic heterocycles. The molecular formula is C12H14ClNO5. The van der Waals surface area contributed by atoms with Gasteiger partial charge in [0.2, 0.25) is 5.91 Å². The van der Waals surface area contributed by atoms with Crippen LogP contribution in [0.25, 0.3) is 0 Å². The third kappa shape index (κ3) is 4.20. The van der Waals surface area contributed by atoms with Crippen molar-refractivity contribution in [3.8, 4) is 0 Å². The van der Waals surface area contributed by atoms with Gasteiger partial charge in [-0.1, -0.05) is 17.7 Å². The standard InChI is InChI=1S/C12H14ClNO5/c1-6(15)14-5-10(16)11(17)8-3-2-7(13)4-9(8)12(18)19/h2-4,10-11,16-17H,5H2,1H3,(H,14,15)(H,18,19). The summed E-state index contributed by atoms with van der Waals surface area (Å²) in [7, 11) is 0. The van der Waals surface area contributed by atoms with Crippen LogP contribution in [0.2, 0.25) is 5.02 Å². The second-order valence-corrected chi connectivity index (χ2v) is 4.42. The van der Waals surface area contributed by atoms with Crippen molar-refractivity contribution in [1.29, 1.82) is 0 Å². The normalized spacial score (nSPS) is 13.7. The van der Waals surface area contributed by atoms with E-state index in [2.05, 4.69) is 5.32 Å². The minimum atomic E-state index is -1.43. The van der Waals surface area contributed by atoms with Crippen LogP contribution in [0.5, 0.6) is 0 Å². The van der Waals surface area contributed by atoms with E-state index >= 15 is 0 Å². The van der Waals surface area contributed by atoms with Gasteiger partial charge in [-0.25, -0.2) is 4.79 Å². The zero-order chi connectivity index (χ0) is 14.6. The first-order valence-corrected chi connectivity index (χ1v) is 5.84. The van der Waals surface area contributed by atoms with Gasteiger partial charge in [0, 0.05) is 18.5 Å². The monoisotopic (exact) mass is 287 g/mol. The van der Waals surface area contributed by atoms with Crippen LogP contribution in [0.15, 0.2) is 18.2 Å². The number of aromatic carboxylic acids is 1. The highest BCUT2D eigenvalue weighted by atomic mass is 35.5. The summed E-state index contributed by atoms with van der Waals surface area (Å²) in [4.78, 5) is 21.8. The maximum absolute atomic E-state index is 11.0. The first kappa shape index (κ1) is 15.4. The fraction of sp³-hybridized carbons (Fsp3) is 0.333. The van der Waals surface area contributed by atoms with Gasteiger partial charge < -0.3 is 20.6 Å². The van der Waals surface area contributed by atoms with E-state index in [1.165, 1.54) is 25.1 Å². The molecule has 0 saturated carbocycles. The first-order valence-electron chi connectivity index (χ1n) is 5.46. The van der Waals surface area contributed by atoms with Gasteiger partial charge in [-0.2, -0.15) is 0 Å². The third-order valence-electron chi connectivity index (χ3n) is 2.49. The van der Waals surface area contributed by atoms with E-state index in [4.69, 9.17) is 16.7 Å². The van der Waals surface area contributed by atoms with E-state index in [1.54, 1.807) is 0 Å². The number of nitrogens with one attached hydrogen (secondary N) is 1. The Labute approximate surface area is 114 Å². The van der Waals surface area contributed by atoms with Gasteiger partial charge in [0.15, 0.2) is 0 Å². The molecule has 0 radical (unpaired) electrons. The summed E-state index contributed by atoms with van der Waals surface area (Å²) >= 11 is 5.68. The molecule has 7 heteroatoms. The van der Waals surface area contributed by atoms with E-state index in [-0.39, 0.29) is 28.6 Å². The molecule has 1 amide bonds. The predicted octanol–water partition coefficient (Wildman–Crippen LogP) is 0.569. The van der Waals surface area contributed by atoms with E-state index in [0.717, 1.165) is 0 Å². The van der Waals surface area contributed by atoms with Crippen LogP contribution >= 0.6 is 11.6 Å². The van der Waals surface area contributed by atoms with Gasteiger partial charge in [0.1, 0.15) is 12.2 Å². The lowest BCUT2D eigenvalue weighted by atomic mass is 9.98. The summed E-state index contributed by atoms with van der Waals surface area (Å²) in [6.45, 7) is 1.09. The molecule has 19 heavy (non-hydrogen) atoms. The molecular weight excluding hydrogens is 274 g/mol. The Balaban J connectivity index is 2.95. The highest BCUT2D eigenvalue weighted by Crippen LogP contribution is 2.24. The maximum Gasteiger partial charge on any atom is 0.336 e. The van der Waals surface area contributed by atoms with Crippen LogP contribution in [0.3, 0.4) is 0 Å². The molecule has 1 rings (SSSR count). The molecule has 6 nitrogen and oxygen atoms in total. The van der Waals surface area contributed by atoms with Gasteiger partial charge in [-0.3, -0.25) is 4.79 Å². The fourth-order valence-corrected chi connectivity index (χ4v) is 1.71. The number of carbonyl (C=O) groups is 2. The van der Waals surface area contributed by atoms with Gasteiger partial charge in [-0.05, 0) is 17.7 Å². The SMILES string of the molecule is CC(=O)NCC(O)C(O)c1ccc(Cl)cc1C(=O)O.